The Labute approximate surface area is 125 Å². The molecule has 0 aliphatic carbocycles. The predicted octanol–water partition coefficient (Wildman–Crippen LogP) is 3.02. The van der Waals surface area contributed by atoms with Gasteiger partial charge in [-0.3, -0.25) is 4.98 Å². The molecule has 106 valence electrons. The van der Waals surface area contributed by atoms with Crippen molar-refractivity contribution in [2.45, 2.75) is 17.9 Å². The maximum atomic E-state index is 13.0. The molecule has 20 heavy (non-hydrogen) atoms. The minimum atomic E-state index is -3.81. The molecular formula is C13H12BrFN2O2S. The van der Waals surface area contributed by atoms with Crippen LogP contribution < -0.4 is 4.72 Å². The van der Waals surface area contributed by atoms with Gasteiger partial charge < -0.3 is 0 Å². The molecule has 0 saturated carbocycles. The summed E-state index contributed by atoms with van der Waals surface area (Å²) in [5.74, 6) is -0.692. The van der Waals surface area contributed by atoms with Crippen LogP contribution in [0.3, 0.4) is 0 Å². The predicted molar refractivity (Wildman–Crippen MR) is 77.1 cm³/mol. The minimum absolute atomic E-state index is 0.195. The molecule has 1 aromatic heterocycles. The Hall–Kier alpha value is -1.31. The zero-order chi connectivity index (χ0) is 14.8. The van der Waals surface area contributed by atoms with E-state index in [1.165, 1.54) is 0 Å². The van der Waals surface area contributed by atoms with Crippen molar-refractivity contribution in [1.82, 2.24) is 9.71 Å². The maximum Gasteiger partial charge on any atom is 0.242 e. The van der Waals surface area contributed by atoms with Crippen LogP contribution in [0.4, 0.5) is 4.39 Å². The van der Waals surface area contributed by atoms with E-state index in [0.29, 0.717) is 0 Å². The number of nitrogens with one attached hydrogen (secondary N) is 1. The van der Waals surface area contributed by atoms with Gasteiger partial charge in [0.25, 0.3) is 0 Å². The van der Waals surface area contributed by atoms with E-state index in [0.717, 1.165) is 28.5 Å². The van der Waals surface area contributed by atoms with Gasteiger partial charge in [-0.15, -0.1) is 0 Å². The highest BCUT2D eigenvalue weighted by Crippen LogP contribution is 2.20. The highest BCUT2D eigenvalue weighted by Gasteiger charge is 2.19. The molecule has 1 atom stereocenters. The Morgan fingerprint density at radius 3 is 2.70 bits per heavy atom. The summed E-state index contributed by atoms with van der Waals surface area (Å²) in [7, 11) is -3.81. The van der Waals surface area contributed by atoms with Crippen LogP contribution in [0.15, 0.2) is 52.1 Å². The van der Waals surface area contributed by atoms with Gasteiger partial charge in [0, 0.05) is 16.7 Å². The van der Waals surface area contributed by atoms with Gasteiger partial charge in [-0.2, -0.15) is 0 Å². The summed E-state index contributed by atoms with van der Waals surface area (Å²) in [6, 6.07) is 7.78. The van der Waals surface area contributed by atoms with Crippen LogP contribution in [0.5, 0.6) is 0 Å². The van der Waals surface area contributed by atoms with Crippen LogP contribution >= 0.6 is 15.9 Å². The molecule has 1 N–H and O–H groups in total. The van der Waals surface area contributed by atoms with Crippen molar-refractivity contribution in [2.75, 3.05) is 0 Å². The Kier molecular flexibility index (Phi) is 4.52. The van der Waals surface area contributed by atoms with Gasteiger partial charge in [-0.05, 0) is 30.7 Å². The Balaban J connectivity index is 2.24. The summed E-state index contributed by atoms with van der Waals surface area (Å²) in [5.41, 5.74) is 0.798. The van der Waals surface area contributed by atoms with Gasteiger partial charge in [0.2, 0.25) is 10.0 Å². The van der Waals surface area contributed by atoms with Crippen molar-refractivity contribution in [3.8, 4) is 0 Å². The second-order valence-electron chi connectivity index (χ2n) is 4.24. The molecule has 4 nitrogen and oxygen atoms in total. The summed E-state index contributed by atoms with van der Waals surface area (Å²) < 4.78 is 40.6. The molecule has 1 heterocycles. The fourth-order valence-corrected chi connectivity index (χ4v) is 3.31. The summed E-state index contributed by atoms with van der Waals surface area (Å²) in [4.78, 5) is 3.35. The van der Waals surface area contributed by atoms with Crippen molar-refractivity contribution in [2.24, 2.45) is 0 Å². The Morgan fingerprint density at radius 2 is 2.05 bits per heavy atom. The Morgan fingerprint density at radius 1 is 1.30 bits per heavy atom. The van der Waals surface area contributed by atoms with Crippen LogP contribution in [0.2, 0.25) is 0 Å². The van der Waals surface area contributed by atoms with Crippen LogP contribution in [0.1, 0.15) is 18.5 Å². The highest BCUT2D eigenvalue weighted by atomic mass is 79.9. The van der Waals surface area contributed by atoms with Gasteiger partial charge in [0.15, 0.2) is 0 Å². The summed E-state index contributed by atoms with van der Waals surface area (Å²) >= 11 is 3.33. The van der Waals surface area contributed by atoms with E-state index in [-0.39, 0.29) is 4.90 Å². The zero-order valence-corrected chi connectivity index (χ0v) is 12.9. The molecule has 0 spiro atoms. The monoisotopic (exact) mass is 358 g/mol. The van der Waals surface area contributed by atoms with E-state index in [2.05, 4.69) is 25.6 Å². The van der Waals surface area contributed by atoms with Crippen molar-refractivity contribution >= 4 is 26.0 Å². The van der Waals surface area contributed by atoms with Crippen LogP contribution in [-0.2, 0) is 10.0 Å². The number of hydrogen-bond acceptors (Lipinski definition) is 3. The third-order valence-corrected chi connectivity index (χ3v) is 4.67. The SMILES string of the molecule is CC(NS(=O)(=O)c1cncc(F)c1)c1cccc(Br)c1. The normalized spacial score (nSPS) is 13.2. The van der Waals surface area contributed by atoms with Gasteiger partial charge in [0.05, 0.1) is 6.20 Å². The highest BCUT2D eigenvalue weighted by molar-refractivity contribution is 9.10. The molecule has 0 radical (unpaired) electrons. The van der Waals surface area contributed by atoms with E-state index in [4.69, 9.17) is 0 Å². The van der Waals surface area contributed by atoms with Gasteiger partial charge >= 0.3 is 0 Å². The quantitative estimate of drug-likeness (QED) is 0.913. The van der Waals surface area contributed by atoms with Crippen LogP contribution in [-0.4, -0.2) is 13.4 Å². The summed E-state index contributed by atoms with van der Waals surface area (Å²) in [6.07, 6.45) is 2.07. The molecule has 0 amide bonds. The number of rotatable bonds is 4. The van der Waals surface area contributed by atoms with E-state index < -0.39 is 21.9 Å². The Bertz CT molecular complexity index is 722. The van der Waals surface area contributed by atoms with E-state index in [9.17, 15) is 12.8 Å². The van der Waals surface area contributed by atoms with E-state index in [1.807, 2.05) is 24.3 Å². The first-order chi connectivity index (χ1) is 9.38. The largest absolute Gasteiger partial charge is 0.260 e. The lowest BCUT2D eigenvalue weighted by Crippen LogP contribution is -2.27. The number of aromatic nitrogens is 1. The molecule has 0 aliphatic heterocycles. The van der Waals surface area contributed by atoms with Crippen molar-refractivity contribution in [3.63, 3.8) is 0 Å². The lowest BCUT2D eigenvalue weighted by atomic mass is 10.1. The maximum absolute atomic E-state index is 13.0. The number of nitrogens with zero attached hydrogens (tertiary/aromatic N) is 1. The summed E-state index contributed by atoms with van der Waals surface area (Å²) in [5, 5.41) is 0. The van der Waals surface area contributed by atoms with Crippen LogP contribution in [0, 0.1) is 5.82 Å². The molecule has 2 aromatic rings. The zero-order valence-electron chi connectivity index (χ0n) is 10.5. The molecular weight excluding hydrogens is 347 g/mol. The van der Waals surface area contributed by atoms with Gasteiger partial charge in [0.1, 0.15) is 10.7 Å². The molecule has 7 heteroatoms. The average molecular weight is 359 g/mol. The first-order valence-corrected chi connectivity index (χ1v) is 8.04. The third kappa shape index (κ3) is 3.62. The first kappa shape index (κ1) is 15.1. The molecule has 2 rings (SSSR count). The fraction of sp³-hybridized carbons (Fsp3) is 0.154. The second kappa shape index (κ2) is 5.99. The molecule has 1 aromatic carbocycles. The van der Waals surface area contributed by atoms with Crippen molar-refractivity contribution < 1.29 is 12.8 Å². The number of hydrogen-bond donors (Lipinski definition) is 1. The summed E-state index contributed by atoms with van der Waals surface area (Å²) in [6.45, 7) is 1.71. The van der Waals surface area contributed by atoms with Crippen molar-refractivity contribution in [3.05, 3.63) is 58.6 Å². The van der Waals surface area contributed by atoms with Gasteiger partial charge in [-0.1, -0.05) is 28.1 Å². The number of sulfonamides is 1. The van der Waals surface area contributed by atoms with Crippen molar-refractivity contribution in [1.29, 1.82) is 0 Å². The topological polar surface area (TPSA) is 59.1 Å². The smallest absolute Gasteiger partial charge is 0.242 e. The minimum Gasteiger partial charge on any atom is -0.260 e. The first-order valence-electron chi connectivity index (χ1n) is 5.77. The molecule has 0 bridgehead atoms. The van der Waals surface area contributed by atoms with E-state index >= 15 is 0 Å². The molecule has 1 unspecified atom stereocenters. The second-order valence-corrected chi connectivity index (χ2v) is 6.87. The third-order valence-electron chi connectivity index (χ3n) is 2.67. The lowest BCUT2D eigenvalue weighted by Gasteiger charge is -2.14. The standard InChI is InChI=1S/C13H12BrFN2O2S/c1-9(10-3-2-4-11(14)5-10)17-20(18,19)13-6-12(15)7-16-8-13/h2-9,17H,1H3. The number of halogens is 2. The molecule has 0 aliphatic rings. The molecule has 0 fully saturated rings. The average Bonchev–Trinajstić information content (AvgIpc) is 2.38. The van der Waals surface area contributed by atoms with Crippen LogP contribution in [0.25, 0.3) is 0 Å². The lowest BCUT2D eigenvalue weighted by molar-refractivity contribution is 0.562. The number of benzene rings is 1. The molecule has 0 saturated heterocycles. The number of pyridine rings is 1. The van der Waals surface area contributed by atoms with Gasteiger partial charge in [-0.25, -0.2) is 17.5 Å². The fourth-order valence-electron chi connectivity index (χ4n) is 1.68. The van der Waals surface area contributed by atoms with E-state index in [1.54, 1.807) is 6.92 Å².